The smallest absolute Gasteiger partial charge is 0.136 e. The number of nitrogens with two attached hydrogens (primary N) is 1. The van der Waals surface area contributed by atoms with Gasteiger partial charge in [0.25, 0.3) is 0 Å². The van der Waals surface area contributed by atoms with Gasteiger partial charge in [-0.15, -0.1) is 0 Å². The Morgan fingerprint density at radius 2 is 2.29 bits per heavy atom. The highest BCUT2D eigenvalue weighted by molar-refractivity contribution is 9.10. The fraction of sp³-hybridized carbons (Fsp3) is 0.444. The first-order valence-electron chi connectivity index (χ1n) is 4.20. The molecular formula is C9H13BrN2O2. The number of ether oxygens (including phenoxy) is 1. The summed E-state index contributed by atoms with van der Waals surface area (Å²) < 4.78 is 5.72. The van der Waals surface area contributed by atoms with Crippen molar-refractivity contribution in [2.45, 2.75) is 19.1 Å². The lowest BCUT2D eigenvalue weighted by atomic mass is 10.1. The van der Waals surface area contributed by atoms with Crippen molar-refractivity contribution in [3.05, 3.63) is 22.4 Å². The molecule has 1 aromatic rings. The first-order valence-corrected chi connectivity index (χ1v) is 4.99. The number of rotatable bonds is 3. The summed E-state index contributed by atoms with van der Waals surface area (Å²) >= 11 is 3.31. The van der Waals surface area contributed by atoms with Crippen molar-refractivity contribution in [3.8, 4) is 5.75 Å². The highest BCUT2D eigenvalue weighted by Gasteiger charge is 2.19. The summed E-state index contributed by atoms with van der Waals surface area (Å²) in [7, 11) is 1.56. The van der Waals surface area contributed by atoms with Crippen molar-refractivity contribution in [2.75, 3.05) is 7.11 Å². The van der Waals surface area contributed by atoms with Crippen LogP contribution in [0.25, 0.3) is 0 Å². The second-order valence-corrected chi connectivity index (χ2v) is 3.81. The monoisotopic (exact) mass is 260 g/mol. The van der Waals surface area contributed by atoms with Crippen LogP contribution in [0.4, 0.5) is 0 Å². The maximum absolute atomic E-state index is 9.73. The Balaban J connectivity index is 3.09. The van der Waals surface area contributed by atoms with Gasteiger partial charge in [0.1, 0.15) is 11.9 Å². The van der Waals surface area contributed by atoms with Crippen LogP contribution in [0.3, 0.4) is 0 Å². The van der Waals surface area contributed by atoms with Crippen molar-refractivity contribution in [1.82, 2.24) is 4.98 Å². The average Bonchev–Trinajstić information content (AvgIpc) is 2.17. The Labute approximate surface area is 91.2 Å². The van der Waals surface area contributed by atoms with Crippen LogP contribution in [0.1, 0.15) is 18.7 Å². The molecular weight excluding hydrogens is 248 g/mol. The standard InChI is InChI=1S/C9H13BrN2O2/c1-5(11)9(13)8-7(10)6(14-2)3-4-12-8/h3-5,9,13H,11H2,1-2H3. The van der Waals surface area contributed by atoms with Crippen LogP contribution in [0.5, 0.6) is 5.75 Å². The molecule has 4 nitrogen and oxygen atoms in total. The van der Waals surface area contributed by atoms with E-state index in [2.05, 4.69) is 20.9 Å². The van der Waals surface area contributed by atoms with Crippen LogP contribution < -0.4 is 10.5 Å². The molecule has 2 unspecified atom stereocenters. The predicted molar refractivity (Wildman–Crippen MR) is 57.1 cm³/mol. The highest BCUT2D eigenvalue weighted by Crippen LogP contribution is 2.31. The van der Waals surface area contributed by atoms with Crippen molar-refractivity contribution < 1.29 is 9.84 Å². The lowest BCUT2D eigenvalue weighted by molar-refractivity contribution is 0.147. The van der Waals surface area contributed by atoms with Gasteiger partial charge < -0.3 is 15.6 Å². The van der Waals surface area contributed by atoms with Crippen molar-refractivity contribution in [1.29, 1.82) is 0 Å². The zero-order chi connectivity index (χ0) is 10.7. The van der Waals surface area contributed by atoms with Gasteiger partial charge in [-0.25, -0.2) is 0 Å². The number of aliphatic hydroxyl groups is 1. The molecule has 0 saturated carbocycles. The number of nitrogens with zero attached hydrogens (tertiary/aromatic N) is 1. The largest absolute Gasteiger partial charge is 0.495 e. The second kappa shape index (κ2) is 4.72. The molecule has 0 saturated heterocycles. The first kappa shape index (κ1) is 11.4. The molecule has 0 aliphatic heterocycles. The van der Waals surface area contributed by atoms with Gasteiger partial charge in [-0.3, -0.25) is 4.98 Å². The number of halogens is 1. The van der Waals surface area contributed by atoms with E-state index in [4.69, 9.17) is 10.5 Å². The van der Waals surface area contributed by atoms with Gasteiger partial charge in [-0.2, -0.15) is 0 Å². The normalized spacial score (nSPS) is 14.9. The van der Waals surface area contributed by atoms with Gasteiger partial charge >= 0.3 is 0 Å². The number of aromatic nitrogens is 1. The summed E-state index contributed by atoms with van der Waals surface area (Å²) in [5.74, 6) is 0.634. The lowest BCUT2D eigenvalue weighted by Gasteiger charge is -2.16. The zero-order valence-corrected chi connectivity index (χ0v) is 9.65. The lowest BCUT2D eigenvalue weighted by Crippen LogP contribution is -2.25. The predicted octanol–water partition coefficient (Wildman–Crippen LogP) is 1.23. The maximum Gasteiger partial charge on any atom is 0.136 e. The molecule has 0 fully saturated rings. The third-order valence-electron chi connectivity index (χ3n) is 1.88. The minimum Gasteiger partial charge on any atom is -0.495 e. The summed E-state index contributed by atoms with van der Waals surface area (Å²) in [4.78, 5) is 4.05. The third kappa shape index (κ3) is 2.23. The molecule has 3 N–H and O–H groups in total. The van der Waals surface area contributed by atoms with Crippen LogP contribution in [-0.4, -0.2) is 23.2 Å². The van der Waals surface area contributed by atoms with Crippen LogP contribution in [0, 0.1) is 0 Å². The van der Waals surface area contributed by atoms with Crippen molar-refractivity contribution in [2.24, 2.45) is 5.73 Å². The van der Waals surface area contributed by atoms with Gasteiger partial charge in [0.05, 0.1) is 17.3 Å². The van der Waals surface area contributed by atoms with Crippen molar-refractivity contribution >= 4 is 15.9 Å². The van der Waals surface area contributed by atoms with E-state index in [9.17, 15) is 5.11 Å². The molecule has 14 heavy (non-hydrogen) atoms. The SMILES string of the molecule is COc1ccnc(C(O)C(C)N)c1Br. The molecule has 0 spiro atoms. The van der Waals surface area contributed by atoms with E-state index in [0.717, 1.165) is 0 Å². The van der Waals surface area contributed by atoms with E-state index in [1.807, 2.05) is 0 Å². The fourth-order valence-corrected chi connectivity index (χ4v) is 1.69. The van der Waals surface area contributed by atoms with Crippen LogP contribution in [0.15, 0.2) is 16.7 Å². The topological polar surface area (TPSA) is 68.4 Å². The van der Waals surface area contributed by atoms with E-state index in [-0.39, 0.29) is 6.04 Å². The Morgan fingerprint density at radius 1 is 1.64 bits per heavy atom. The molecule has 0 aromatic carbocycles. The molecule has 1 rings (SSSR count). The summed E-state index contributed by atoms with van der Waals surface area (Å²) in [6, 6.07) is 1.34. The van der Waals surface area contributed by atoms with E-state index in [1.54, 1.807) is 26.3 Å². The number of pyridine rings is 1. The molecule has 0 radical (unpaired) electrons. The molecule has 5 heteroatoms. The van der Waals surface area contributed by atoms with Gasteiger partial charge in [-0.05, 0) is 28.9 Å². The van der Waals surface area contributed by atoms with Crippen LogP contribution in [0.2, 0.25) is 0 Å². The second-order valence-electron chi connectivity index (χ2n) is 3.02. The third-order valence-corrected chi connectivity index (χ3v) is 2.68. The number of aliphatic hydroxyl groups excluding tert-OH is 1. The summed E-state index contributed by atoms with van der Waals surface area (Å²) in [5, 5.41) is 9.73. The summed E-state index contributed by atoms with van der Waals surface area (Å²) in [6.07, 6.45) is 0.782. The molecule has 1 heterocycles. The number of methoxy groups -OCH3 is 1. The maximum atomic E-state index is 9.73. The van der Waals surface area contributed by atoms with Gasteiger partial charge in [-0.1, -0.05) is 0 Å². The minimum absolute atomic E-state index is 0.370. The molecule has 78 valence electrons. The molecule has 0 bridgehead atoms. The summed E-state index contributed by atoms with van der Waals surface area (Å²) in [5.41, 5.74) is 6.08. The van der Waals surface area contributed by atoms with Gasteiger partial charge in [0, 0.05) is 12.2 Å². The van der Waals surface area contributed by atoms with E-state index >= 15 is 0 Å². The van der Waals surface area contributed by atoms with E-state index in [1.165, 1.54) is 0 Å². The quantitative estimate of drug-likeness (QED) is 0.858. The van der Waals surface area contributed by atoms with Crippen LogP contribution in [-0.2, 0) is 0 Å². The van der Waals surface area contributed by atoms with Gasteiger partial charge in [0.15, 0.2) is 0 Å². The fourth-order valence-electron chi connectivity index (χ4n) is 1.05. The van der Waals surface area contributed by atoms with E-state index in [0.29, 0.717) is 15.9 Å². The Morgan fingerprint density at radius 3 is 2.79 bits per heavy atom. The molecule has 0 amide bonds. The summed E-state index contributed by atoms with van der Waals surface area (Å²) in [6.45, 7) is 1.72. The van der Waals surface area contributed by atoms with E-state index < -0.39 is 6.10 Å². The first-order chi connectivity index (χ1) is 6.57. The number of hydrogen-bond acceptors (Lipinski definition) is 4. The highest BCUT2D eigenvalue weighted by atomic mass is 79.9. The molecule has 0 aliphatic carbocycles. The number of hydrogen-bond donors (Lipinski definition) is 2. The zero-order valence-electron chi connectivity index (χ0n) is 8.07. The Bertz CT molecular complexity index is 318. The van der Waals surface area contributed by atoms with Crippen LogP contribution >= 0.6 is 15.9 Å². The average molecular weight is 261 g/mol. The molecule has 0 aliphatic rings. The molecule has 2 atom stereocenters. The van der Waals surface area contributed by atoms with Gasteiger partial charge in [0.2, 0.25) is 0 Å². The van der Waals surface area contributed by atoms with Crippen molar-refractivity contribution in [3.63, 3.8) is 0 Å². The Hall–Kier alpha value is -0.650. The minimum atomic E-state index is -0.792. The Kier molecular flexibility index (Phi) is 3.86. The molecule has 1 aromatic heterocycles.